The average molecular weight is 468 g/mol. The van der Waals surface area contributed by atoms with Crippen molar-refractivity contribution >= 4 is 29.0 Å². The minimum absolute atomic E-state index is 0.208. The molecule has 0 atom stereocenters. The minimum Gasteiger partial charge on any atom is -0.341 e. The van der Waals surface area contributed by atoms with Gasteiger partial charge in [0.15, 0.2) is 0 Å². The average Bonchev–Trinajstić information content (AvgIpc) is 3.28. The molecule has 35 heavy (non-hydrogen) atoms. The van der Waals surface area contributed by atoms with E-state index in [2.05, 4.69) is 25.6 Å². The molecule has 2 N–H and O–H groups in total. The van der Waals surface area contributed by atoms with Gasteiger partial charge in [-0.3, -0.25) is 9.48 Å². The topological polar surface area (TPSA) is 88.0 Å². The molecular weight excluding hydrogens is 438 g/mol. The van der Waals surface area contributed by atoms with E-state index in [0.29, 0.717) is 11.4 Å². The van der Waals surface area contributed by atoms with Gasteiger partial charge in [0.1, 0.15) is 11.5 Å². The third-order valence-corrected chi connectivity index (χ3v) is 6.08. The molecule has 2 aromatic carbocycles. The minimum atomic E-state index is -0.208. The third-order valence-electron chi connectivity index (χ3n) is 6.08. The van der Waals surface area contributed by atoms with Crippen LogP contribution in [0.2, 0.25) is 0 Å². The highest BCUT2D eigenvalue weighted by atomic mass is 16.2. The summed E-state index contributed by atoms with van der Waals surface area (Å²) in [6.07, 6.45) is 3.63. The van der Waals surface area contributed by atoms with E-state index >= 15 is 0 Å². The number of carbonyl (C=O) groups is 1. The van der Waals surface area contributed by atoms with Crippen molar-refractivity contribution in [3.8, 4) is 11.3 Å². The van der Waals surface area contributed by atoms with E-state index in [4.69, 9.17) is 4.98 Å². The molecule has 0 aliphatic carbocycles. The quantitative estimate of drug-likeness (QED) is 0.407. The van der Waals surface area contributed by atoms with Crippen molar-refractivity contribution in [3.05, 3.63) is 78.1 Å². The predicted octanol–water partition coefficient (Wildman–Crippen LogP) is 5.17. The SMILES string of the molecule is Cc1cc(Nc2ccc(NC(=O)c3cc(-c4ccccc4)nn3C)cc2)nc(N2CCCCC2)n1. The number of nitrogens with zero attached hydrogens (tertiary/aromatic N) is 5. The summed E-state index contributed by atoms with van der Waals surface area (Å²) in [5, 5.41) is 10.8. The van der Waals surface area contributed by atoms with Gasteiger partial charge in [0, 0.05) is 48.8 Å². The Morgan fingerprint density at radius 1 is 0.886 bits per heavy atom. The molecule has 1 aliphatic heterocycles. The van der Waals surface area contributed by atoms with E-state index in [1.165, 1.54) is 19.3 Å². The molecule has 0 bridgehead atoms. The summed E-state index contributed by atoms with van der Waals surface area (Å²) in [4.78, 5) is 24.5. The van der Waals surface area contributed by atoms with Gasteiger partial charge >= 0.3 is 0 Å². The number of hydrogen-bond acceptors (Lipinski definition) is 6. The summed E-state index contributed by atoms with van der Waals surface area (Å²) < 4.78 is 1.60. The number of aromatic nitrogens is 4. The van der Waals surface area contributed by atoms with Crippen LogP contribution in [0.3, 0.4) is 0 Å². The summed E-state index contributed by atoms with van der Waals surface area (Å²) >= 11 is 0. The molecule has 0 spiro atoms. The van der Waals surface area contributed by atoms with Crippen LogP contribution in [0.5, 0.6) is 0 Å². The highest BCUT2D eigenvalue weighted by molar-refractivity contribution is 6.03. The molecule has 1 fully saturated rings. The molecule has 0 unspecified atom stereocenters. The van der Waals surface area contributed by atoms with Crippen LogP contribution >= 0.6 is 0 Å². The molecule has 4 aromatic rings. The number of piperidine rings is 1. The summed E-state index contributed by atoms with van der Waals surface area (Å²) in [6, 6.07) is 21.1. The second kappa shape index (κ2) is 9.97. The van der Waals surface area contributed by atoms with Gasteiger partial charge in [-0.15, -0.1) is 0 Å². The number of benzene rings is 2. The zero-order valence-corrected chi connectivity index (χ0v) is 20.0. The lowest BCUT2D eigenvalue weighted by molar-refractivity contribution is 0.101. The number of carbonyl (C=O) groups excluding carboxylic acids is 1. The number of hydrogen-bond donors (Lipinski definition) is 2. The first-order valence-electron chi connectivity index (χ1n) is 11.9. The van der Waals surface area contributed by atoms with Gasteiger partial charge in [0.2, 0.25) is 5.95 Å². The molecule has 3 heterocycles. The predicted molar refractivity (Wildman–Crippen MR) is 139 cm³/mol. The summed E-state index contributed by atoms with van der Waals surface area (Å²) in [5.74, 6) is 1.33. The number of amides is 1. The van der Waals surface area contributed by atoms with Gasteiger partial charge in [-0.05, 0) is 56.5 Å². The van der Waals surface area contributed by atoms with Crippen LogP contribution in [0.15, 0.2) is 66.7 Å². The monoisotopic (exact) mass is 467 g/mol. The van der Waals surface area contributed by atoms with Crippen molar-refractivity contribution < 1.29 is 4.79 Å². The lowest BCUT2D eigenvalue weighted by Crippen LogP contribution is -2.31. The van der Waals surface area contributed by atoms with E-state index < -0.39 is 0 Å². The Bertz CT molecular complexity index is 1310. The Morgan fingerprint density at radius 2 is 1.60 bits per heavy atom. The molecule has 1 saturated heterocycles. The molecule has 0 radical (unpaired) electrons. The fraction of sp³-hybridized carbons (Fsp3) is 0.259. The summed E-state index contributed by atoms with van der Waals surface area (Å²) in [6.45, 7) is 3.99. The number of rotatable bonds is 6. The van der Waals surface area contributed by atoms with Gasteiger partial charge in [-0.1, -0.05) is 30.3 Å². The molecule has 1 aliphatic rings. The van der Waals surface area contributed by atoms with Crippen LogP contribution in [-0.4, -0.2) is 38.7 Å². The maximum atomic E-state index is 12.9. The Kier molecular flexibility index (Phi) is 6.43. The molecule has 8 nitrogen and oxygen atoms in total. The van der Waals surface area contributed by atoms with Crippen molar-refractivity contribution in [2.75, 3.05) is 28.6 Å². The van der Waals surface area contributed by atoms with Gasteiger partial charge in [-0.2, -0.15) is 10.1 Å². The van der Waals surface area contributed by atoms with Crippen molar-refractivity contribution in [1.82, 2.24) is 19.7 Å². The largest absolute Gasteiger partial charge is 0.341 e. The number of aryl methyl sites for hydroxylation is 2. The highest BCUT2D eigenvalue weighted by Gasteiger charge is 2.16. The van der Waals surface area contributed by atoms with Crippen molar-refractivity contribution in [2.45, 2.75) is 26.2 Å². The number of nitrogens with one attached hydrogen (secondary N) is 2. The lowest BCUT2D eigenvalue weighted by Gasteiger charge is -2.27. The van der Waals surface area contributed by atoms with Crippen LogP contribution < -0.4 is 15.5 Å². The van der Waals surface area contributed by atoms with Crippen molar-refractivity contribution in [1.29, 1.82) is 0 Å². The smallest absolute Gasteiger partial charge is 0.273 e. The zero-order valence-electron chi connectivity index (χ0n) is 20.0. The second-order valence-corrected chi connectivity index (χ2v) is 8.80. The zero-order chi connectivity index (χ0) is 24.2. The Morgan fingerprint density at radius 3 is 2.34 bits per heavy atom. The second-order valence-electron chi connectivity index (χ2n) is 8.80. The Balaban J connectivity index is 1.26. The van der Waals surface area contributed by atoms with Crippen LogP contribution in [0, 0.1) is 6.92 Å². The van der Waals surface area contributed by atoms with Crippen molar-refractivity contribution in [3.63, 3.8) is 0 Å². The third kappa shape index (κ3) is 5.32. The van der Waals surface area contributed by atoms with E-state index in [9.17, 15) is 4.79 Å². The first kappa shape index (κ1) is 22.6. The molecule has 0 saturated carbocycles. The first-order valence-corrected chi connectivity index (χ1v) is 11.9. The van der Waals surface area contributed by atoms with Crippen LogP contribution in [0.1, 0.15) is 35.4 Å². The molecular formula is C27H29N7O. The fourth-order valence-electron chi connectivity index (χ4n) is 4.26. The van der Waals surface area contributed by atoms with E-state index in [-0.39, 0.29) is 5.91 Å². The van der Waals surface area contributed by atoms with E-state index in [1.807, 2.05) is 67.6 Å². The van der Waals surface area contributed by atoms with Gasteiger partial charge in [-0.25, -0.2) is 4.98 Å². The van der Waals surface area contributed by atoms with E-state index in [0.717, 1.165) is 47.5 Å². The summed E-state index contributed by atoms with van der Waals surface area (Å²) in [7, 11) is 1.77. The van der Waals surface area contributed by atoms with Crippen molar-refractivity contribution in [2.24, 2.45) is 7.05 Å². The molecule has 1 amide bonds. The Labute approximate surface area is 205 Å². The van der Waals surface area contributed by atoms with Gasteiger partial charge < -0.3 is 15.5 Å². The van der Waals surface area contributed by atoms with Crippen LogP contribution in [0.4, 0.5) is 23.1 Å². The highest BCUT2D eigenvalue weighted by Crippen LogP contribution is 2.23. The normalized spacial score (nSPS) is 13.5. The molecule has 178 valence electrons. The van der Waals surface area contributed by atoms with Gasteiger partial charge in [0.05, 0.1) is 5.69 Å². The fourth-order valence-corrected chi connectivity index (χ4v) is 4.26. The number of anilines is 4. The summed E-state index contributed by atoms with van der Waals surface area (Å²) in [5.41, 5.74) is 4.75. The van der Waals surface area contributed by atoms with E-state index in [1.54, 1.807) is 17.8 Å². The maximum Gasteiger partial charge on any atom is 0.273 e. The standard InChI is InChI=1S/C27H29N7O/c1-19-17-25(31-27(28-19)34-15-7-4-8-16-34)29-21-11-13-22(14-12-21)30-26(35)24-18-23(32-33(24)2)20-9-5-3-6-10-20/h3,5-6,9-14,17-18H,4,7-8,15-16H2,1-2H3,(H,30,35)(H,28,29,31). The molecule has 2 aromatic heterocycles. The first-order chi connectivity index (χ1) is 17.0. The molecule has 8 heteroatoms. The molecule has 5 rings (SSSR count). The van der Waals surface area contributed by atoms with Crippen LogP contribution in [-0.2, 0) is 7.05 Å². The van der Waals surface area contributed by atoms with Crippen LogP contribution in [0.25, 0.3) is 11.3 Å². The maximum absolute atomic E-state index is 12.9. The Hall–Kier alpha value is -4.20. The van der Waals surface area contributed by atoms with Gasteiger partial charge in [0.25, 0.3) is 5.91 Å². The lowest BCUT2D eigenvalue weighted by atomic mass is 10.1.